The lowest BCUT2D eigenvalue weighted by molar-refractivity contribution is 0.475. The number of aromatic nitrogens is 2. The molecule has 0 bridgehead atoms. The molecule has 144 valence electrons. The van der Waals surface area contributed by atoms with Gasteiger partial charge in [0.2, 0.25) is 5.95 Å². The zero-order valence-electron chi connectivity index (χ0n) is 16.0. The van der Waals surface area contributed by atoms with Crippen molar-refractivity contribution in [2.45, 2.75) is 13.5 Å². The minimum Gasteiger partial charge on any atom is -0.507 e. The van der Waals surface area contributed by atoms with Crippen molar-refractivity contribution in [1.82, 2.24) is 9.97 Å². The molecule has 6 nitrogen and oxygen atoms in total. The number of hydrogen-bond acceptors (Lipinski definition) is 6. The minimum atomic E-state index is 0.179. The lowest BCUT2D eigenvalue weighted by Crippen LogP contribution is -2.06. The van der Waals surface area contributed by atoms with Gasteiger partial charge in [-0.25, -0.2) is 4.98 Å². The number of benzene rings is 3. The van der Waals surface area contributed by atoms with E-state index in [9.17, 15) is 5.11 Å². The van der Waals surface area contributed by atoms with Crippen LogP contribution in [0.5, 0.6) is 5.75 Å². The highest BCUT2D eigenvalue weighted by Gasteiger charge is 2.05. The van der Waals surface area contributed by atoms with Crippen LogP contribution in [0, 0.1) is 6.92 Å². The van der Waals surface area contributed by atoms with Crippen LogP contribution in [0.2, 0.25) is 0 Å². The molecule has 1 heterocycles. The van der Waals surface area contributed by atoms with E-state index < -0.39 is 0 Å². The van der Waals surface area contributed by atoms with Gasteiger partial charge in [0.15, 0.2) is 5.82 Å². The van der Waals surface area contributed by atoms with E-state index in [1.807, 2.05) is 73.7 Å². The molecule has 3 aromatic carbocycles. The van der Waals surface area contributed by atoms with E-state index in [0.717, 1.165) is 22.0 Å². The van der Waals surface area contributed by atoms with Gasteiger partial charge in [0.1, 0.15) is 5.75 Å². The normalized spacial score (nSPS) is 11.1. The van der Waals surface area contributed by atoms with E-state index in [4.69, 9.17) is 0 Å². The van der Waals surface area contributed by atoms with Crippen molar-refractivity contribution in [1.29, 1.82) is 0 Å². The summed E-state index contributed by atoms with van der Waals surface area (Å²) in [6.45, 7) is 2.54. The molecule has 0 amide bonds. The van der Waals surface area contributed by atoms with Crippen molar-refractivity contribution in [3.05, 3.63) is 89.6 Å². The summed E-state index contributed by atoms with van der Waals surface area (Å²) in [6, 6.07) is 23.3. The standard InChI is InChI=1S/C23H21N5O/c1-16-13-22(27-23(26-16)24-14-17-7-3-2-4-8-17)28-25-15-20-19-10-6-5-9-18(19)11-12-21(20)29/h2-13,15,29H,14H2,1H3,(H2,24,26,27,28)/b25-15+. The maximum Gasteiger partial charge on any atom is 0.225 e. The number of rotatable bonds is 6. The molecule has 6 heteroatoms. The average Bonchev–Trinajstić information content (AvgIpc) is 2.74. The van der Waals surface area contributed by atoms with Gasteiger partial charge in [0.05, 0.1) is 6.21 Å². The number of phenolic OH excluding ortho intramolecular Hbond substituents is 1. The van der Waals surface area contributed by atoms with Gasteiger partial charge in [-0.15, -0.1) is 0 Å². The monoisotopic (exact) mass is 383 g/mol. The van der Waals surface area contributed by atoms with E-state index in [2.05, 4.69) is 25.8 Å². The summed E-state index contributed by atoms with van der Waals surface area (Å²) in [5, 5.41) is 19.7. The van der Waals surface area contributed by atoms with Gasteiger partial charge < -0.3 is 10.4 Å². The number of fused-ring (bicyclic) bond motifs is 1. The Kier molecular flexibility index (Phi) is 5.33. The van der Waals surface area contributed by atoms with Gasteiger partial charge in [-0.1, -0.05) is 60.7 Å². The van der Waals surface area contributed by atoms with Crippen LogP contribution >= 0.6 is 0 Å². The lowest BCUT2D eigenvalue weighted by Gasteiger charge is -2.08. The van der Waals surface area contributed by atoms with E-state index in [-0.39, 0.29) is 5.75 Å². The third-order valence-electron chi connectivity index (χ3n) is 4.47. The Morgan fingerprint density at radius 2 is 1.76 bits per heavy atom. The van der Waals surface area contributed by atoms with Crippen molar-refractivity contribution in [2.75, 3.05) is 10.7 Å². The van der Waals surface area contributed by atoms with Gasteiger partial charge in [-0.3, -0.25) is 5.43 Å². The Morgan fingerprint density at radius 1 is 0.966 bits per heavy atom. The maximum absolute atomic E-state index is 10.2. The molecule has 0 aliphatic heterocycles. The van der Waals surface area contributed by atoms with Crippen LogP contribution in [0.15, 0.2) is 77.9 Å². The summed E-state index contributed by atoms with van der Waals surface area (Å²) >= 11 is 0. The molecule has 0 aliphatic carbocycles. The van der Waals surface area contributed by atoms with Gasteiger partial charge >= 0.3 is 0 Å². The first-order valence-corrected chi connectivity index (χ1v) is 9.32. The highest BCUT2D eigenvalue weighted by atomic mass is 16.3. The van der Waals surface area contributed by atoms with Crippen LogP contribution in [0.4, 0.5) is 11.8 Å². The molecule has 0 aliphatic rings. The third-order valence-corrected chi connectivity index (χ3v) is 4.47. The molecule has 4 rings (SSSR count). The SMILES string of the molecule is Cc1cc(N/N=C/c2c(O)ccc3ccccc23)nc(NCc2ccccc2)n1. The van der Waals surface area contributed by atoms with Gasteiger partial charge in [0, 0.05) is 23.9 Å². The number of hydrogen-bond donors (Lipinski definition) is 3. The number of anilines is 2. The van der Waals surface area contributed by atoms with Crippen molar-refractivity contribution in [3.8, 4) is 5.75 Å². The van der Waals surface area contributed by atoms with Gasteiger partial charge in [0.25, 0.3) is 0 Å². The van der Waals surface area contributed by atoms with Crippen LogP contribution in [0.25, 0.3) is 10.8 Å². The summed E-state index contributed by atoms with van der Waals surface area (Å²) < 4.78 is 0. The number of nitrogens with one attached hydrogen (secondary N) is 2. The van der Waals surface area contributed by atoms with Crippen molar-refractivity contribution < 1.29 is 5.11 Å². The fourth-order valence-electron chi connectivity index (χ4n) is 3.06. The Bertz CT molecular complexity index is 1160. The molecule has 0 saturated carbocycles. The summed E-state index contributed by atoms with van der Waals surface area (Å²) in [6.07, 6.45) is 1.60. The number of phenols is 1. The number of aryl methyl sites for hydroxylation is 1. The predicted molar refractivity (Wildman–Crippen MR) is 117 cm³/mol. The largest absolute Gasteiger partial charge is 0.507 e. The van der Waals surface area contributed by atoms with E-state index in [0.29, 0.717) is 23.9 Å². The first kappa shape index (κ1) is 18.4. The van der Waals surface area contributed by atoms with Crippen LogP contribution < -0.4 is 10.7 Å². The topological polar surface area (TPSA) is 82.4 Å². The second-order valence-electron chi connectivity index (χ2n) is 6.65. The number of hydrazone groups is 1. The van der Waals surface area contributed by atoms with Crippen LogP contribution in [0.1, 0.15) is 16.8 Å². The molecule has 0 radical (unpaired) electrons. The maximum atomic E-state index is 10.2. The fraction of sp³-hybridized carbons (Fsp3) is 0.0870. The first-order chi connectivity index (χ1) is 14.2. The van der Waals surface area contributed by atoms with Crippen molar-refractivity contribution >= 4 is 28.8 Å². The highest BCUT2D eigenvalue weighted by Crippen LogP contribution is 2.25. The zero-order valence-corrected chi connectivity index (χ0v) is 16.0. The summed E-state index contributed by atoms with van der Waals surface area (Å²) in [7, 11) is 0. The second kappa shape index (κ2) is 8.39. The van der Waals surface area contributed by atoms with Crippen LogP contribution in [-0.4, -0.2) is 21.3 Å². The molecule has 0 fully saturated rings. The zero-order chi connectivity index (χ0) is 20.1. The Hall–Kier alpha value is -3.93. The molecular weight excluding hydrogens is 362 g/mol. The molecule has 0 saturated heterocycles. The summed E-state index contributed by atoms with van der Waals surface area (Å²) in [4.78, 5) is 8.87. The average molecular weight is 383 g/mol. The smallest absolute Gasteiger partial charge is 0.225 e. The molecule has 0 unspecified atom stereocenters. The molecule has 29 heavy (non-hydrogen) atoms. The van der Waals surface area contributed by atoms with Gasteiger partial charge in [-0.2, -0.15) is 10.1 Å². The van der Waals surface area contributed by atoms with E-state index in [1.54, 1.807) is 12.3 Å². The Morgan fingerprint density at radius 3 is 2.62 bits per heavy atom. The minimum absolute atomic E-state index is 0.179. The highest BCUT2D eigenvalue weighted by molar-refractivity contribution is 6.02. The fourth-order valence-corrected chi connectivity index (χ4v) is 3.06. The Labute approximate surface area is 169 Å². The number of aromatic hydroxyl groups is 1. The van der Waals surface area contributed by atoms with Crippen LogP contribution in [0.3, 0.4) is 0 Å². The van der Waals surface area contributed by atoms with Crippen molar-refractivity contribution in [2.24, 2.45) is 5.10 Å². The quantitative estimate of drug-likeness (QED) is 0.332. The molecule has 0 spiro atoms. The molecule has 0 atom stereocenters. The third kappa shape index (κ3) is 4.50. The molecular formula is C23H21N5O. The van der Waals surface area contributed by atoms with Gasteiger partial charge in [-0.05, 0) is 29.3 Å². The van der Waals surface area contributed by atoms with Crippen molar-refractivity contribution in [3.63, 3.8) is 0 Å². The lowest BCUT2D eigenvalue weighted by atomic mass is 10.0. The second-order valence-corrected chi connectivity index (χ2v) is 6.65. The predicted octanol–water partition coefficient (Wildman–Crippen LogP) is 4.70. The molecule has 3 N–H and O–H groups in total. The van der Waals surface area contributed by atoms with E-state index >= 15 is 0 Å². The summed E-state index contributed by atoms with van der Waals surface area (Å²) in [5.41, 5.74) is 5.56. The molecule has 1 aromatic heterocycles. The van der Waals surface area contributed by atoms with Crippen LogP contribution in [-0.2, 0) is 6.54 Å². The number of nitrogens with zero attached hydrogens (tertiary/aromatic N) is 3. The molecule has 4 aromatic rings. The van der Waals surface area contributed by atoms with E-state index in [1.165, 1.54) is 0 Å². The first-order valence-electron chi connectivity index (χ1n) is 9.32. The Balaban J connectivity index is 1.50. The summed E-state index contributed by atoms with van der Waals surface area (Å²) in [5.74, 6) is 1.28.